The van der Waals surface area contributed by atoms with E-state index in [9.17, 15) is 9.90 Å². The molecule has 0 aliphatic carbocycles. The third-order valence-electron chi connectivity index (χ3n) is 3.86. The van der Waals surface area contributed by atoms with Crippen molar-refractivity contribution in [2.24, 2.45) is 0 Å². The monoisotopic (exact) mass is 398 g/mol. The molecule has 1 unspecified atom stereocenters. The Hall–Kier alpha value is -2.62. The molecule has 0 fully saturated rings. The van der Waals surface area contributed by atoms with Crippen LogP contribution < -0.4 is 5.32 Å². The van der Waals surface area contributed by atoms with E-state index in [1.807, 2.05) is 18.2 Å². The van der Waals surface area contributed by atoms with E-state index in [1.165, 1.54) is 11.8 Å². The van der Waals surface area contributed by atoms with Crippen molar-refractivity contribution < 1.29 is 15.0 Å². The average Bonchev–Trinajstić information content (AvgIpc) is 2.70. The summed E-state index contributed by atoms with van der Waals surface area (Å²) in [5.41, 5.74) is 2.23. The van der Waals surface area contributed by atoms with Crippen molar-refractivity contribution in [2.45, 2.75) is 21.1 Å². The normalized spacial score (nSPS) is 13.2. The van der Waals surface area contributed by atoms with Crippen molar-refractivity contribution in [2.75, 3.05) is 11.1 Å². The minimum Gasteiger partial charge on any atom is -0.481 e. The SMILES string of the molecule is O=C(O)CSc1ccc(C(O)c2ccc3c(c2)Nc2nccnc2S3)cn1. The minimum atomic E-state index is -0.892. The summed E-state index contributed by atoms with van der Waals surface area (Å²) in [5.74, 6) is -0.243. The van der Waals surface area contributed by atoms with Crippen LogP contribution in [0.4, 0.5) is 11.5 Å². The highest BCUT2D eigenvalue weighted by atomic mass is 32.2. The lowest BCUT2D eigenvalue weighted by Gasteiger charge is -2.20. The molecule has 27 heavy (non-hydrogen) atoms. The van der Waals surface area contributed by atoms with E-state index in [-0.39, 0.29) is 5.75 Å². The van der Waals surface area contributed by atoms with Crippen molar-refractivity contribution >= 4 is 41.0 Å². The largest absolute Gasteiger partial charge is 0.481 e. The van der Waals surface area contributed by atoms with E-state index in [0.717, 1.165) is 32.9 Å². The Morgan fingerprint density at radius 3 is 2.74 bits per heavy atom. The molecular formula is C18H14N4O3S2. The number of carboxylic acid groups (broad SMARTS) is 1. The fourth-order valence-corrected chi connectivity index (χ4v) is 4.03. The van der Waals surface area contributed by atoms with Gasteiger partial charge in [0.2, 0.25) is 0 Å². The second kappa shape index (κ2) is 7.55. The molecule has 0 saturated heterocycles. The number of carboxylic acids is 1. The zero-order valence-corrected chi connectivity index (χ0v) is 15.5. The average molecular weight is 398 g/mol. The molecule has 9 heteroatoms. The summed E-state index contributed by atoms with van der Waals surface area (Å²) in [5, 5.41) is 24.1. The fourth-order valence-electron chi connectivity index (χ4n) is 2.59. The summed E-state index contributed by atoms with van der Waals surface area (Å²) in [6.45, 7) is 0. The molecule has 3 heterocycles. The number of aromatic nitrogens is 3. The van der Waals surface area contributed by atoms with Gasteiger partial charge in [-0.25, -0.2) is 15.0 Å². The Labute approximate surface area is 163 Å². The van der Waals surface area contributed by atoms with Gasteiger partial charge in [0.25, 0.3) is 0 Å². The number of nitrogens with one attached hydrogen (secondary N) is 1. The molecule has 1 aromatic carbocycles. The van der Waals surface area contributed by atoms with Crippen molar-refractivity contribution in [1.29, 1.82) is 0 Å². The number of thioether (sulfide) groups is 1. The maximum Gasteiger partial charge on any atom is 0.313 e. The molecule has 1 aliphatic rings. The summed E-state index contributed by atoms with van der Waals surface area (Å²) >= 11 is 2.67. The molecule has 0 bridgehead atoms. The quantitative estimate of drug-likeness (QED) is 0.436. The first-order valence-corrected chi connectivity index (χ1v) is 9.79. The van der Waals surface area contributed by atoms with Crippen LogP contribution in [0.2, 0.25) is 0 Å². The van der Waals surface area contributed by atoms with E-state index in [1.54, 1.807) is 30.7 Å². The van der Waals surface area contributed by atoms with Gasteiger partial charge in [-0.15, -0.1) is 0 Å². The molecule has 7 nitrogen and oxygen atoms in total. The van der Waals surface area contributed by atoms with Gasteiger partial charge in [-0.3, -0.25) is 4.79 Å². The number of nitrogens with zero attached hydrogens (tertiary/aromatic N) is 3. The summed E-state index contributed by atoms with van der Waals surface area (Å²) in [7, 11) is 0. The van der Waals surface area contributed by atoms with Crippen molar-refractivity contribution in [1.82, 2.24) is 15.0 Å². The first kappa shape index (κ1) is 17.8. The van der Waals surface area contributed by atoms with Crippen LogP contribution in [0.5, 0.6) is 0 Å². The van der Waals surface area contributed by atoms with Crippen LogP contribution in [0, 0.1) is 0 Å². The second-order valence-corrected chi connectivity index (χ2v) is 7.73. The summed E-state index contributed by atoms with van der Waals surface area (Å²) < 4.78 is 0. The van der Waals surface area contributed by atoms with Gasteiger partial charge in [0.1, 0.15) is 11.1 Å². The molecule has 2 aromatic heterocycles. The summed E-state index contributed by atoms with van der Waals surface area (Å²) in [6, 6.07) is 9.16. The van der Waals surface area contributed by atoms with E-state index < -0.39 is 12.1 Å². The zero-order valence-electron chi connectivity index (χ0n) is 13.9. The Balaban J connectivity index is 1.53. The number of benzene rings is 1. The number of pyridine rings is 1. The molecule has 0 amide bonds. The smallest absolute Gasteiger partial charge is 0.313 e. The highest BCUT2D eigenvalue weighted by Crippen LogP contribution is 2.43. The lowest BCUT2D eigenvalue weighted by Crippen LogP contribution is -2.06. The van der Waals surface area contributed by atoms with Gasteiger partial charge >= 0.3 is 5.97 Å². The van der Waals surface area contributed by atoms with Gasteiger partial charge in [-0.05, 0) is 23.8 Å². The van der Waals surface area contributed by atoms with Crippen LogP contribution in [-0.2, 0) is 4.79 Å². The number of carbonyl (C=O) groups is 1. The highest BCUT2D eigenvalue weighted by molar-refractivity contribution is 8.00. The number of aliphatic hydroxyl groups is 1. The van der Waals surface area contributed by atoms with E-state index in [0.29, 0.717) is 16.4 Å². The van der Waals surface area contributed by atoms with Crippen LogP contribution in [-0.4, -0.2) is 36.9 Å². The van der Waals surface area contributed by atoms with Gasteiger partial charge in [-0.2, -0.15) is 0 Å². The first-order valence-electron chi connectivity index (χ1n) is 7.98. The maximum absolute atomic E-state index is 10.7. The Morgan fingerprint density at radius 2 is 1.96 bits per heavy atom. The Kier molecular flexibility index (Phi) is 4.97. The zero-order chi connectivity index (χ0) is 18.8. The summed E-state index contributed by atoms with van der Waals surface area (Å²) in [4.78, 5) is 24.4. The van der Waals surface area contributed by atoms with Crippen molar-refractivity contribution in [3.05, 3.63) is 60.0 Å². The summed E-state index contributed by atoms with van der Waals surface area (Å²) in [6.07, 6.45) is 4.02. The van der Waals surface area contributed by atoms with E-state index >= 15 is 0 Å². The van der Waals surface area contributed by atoms with Crippen molar-refractivity contribution in [3.63, 3.8) is 0 Å². The predicted octanol–water partition coefficient (Wildman–Crippen LogP) is 3.34. The minimum absolute atomic E-state index is 0.0482. The van der Waals surface area contributed by atoms with Gasteiger partial charge < -0.3 is 15.5 Å². The molecule has 0 spiro atoms. The first-order chi connectivity index (χ1) is 13.1. The number of hydrogen-bond acceptors (Lipinski definition) is 8. The van der Waals surface area contributed by atoms with E-state index in [4.69, 9.17) is 5.11 Å². The lowest BCUT2D eigenvalue weighted by atomic mass is 10.0. The maximum atomic E-state index is 10.7. The number of aliphatic hydroxyl groups excluding tert-OH is 1. The van der Waals surface area contributed by atoms with Gasteiger partial charge in [-0.1, -0.05) is 35.7 Å². The van der Waals surface area contributed by atoms with Gasteiger partial charge in [0, 0.05) is 29.0 Å². The highest BCUT2D eigenvalue weighted by Gasteiger charge is 2.20. The molecule has 1 atom stereocenters. The van der Waals surface area contributed by atoms with Crippen molar-refractivity contribution in [3.8, 4) is 0 Å². The lowest BCUT2D eigenvalue weighted by molar-refractivity contribution is -0.133. The van der Waals surface area contributed by atoms with Crippen LogP contribution in [0.15, 0.2) is 63.9 Å². The second-order valence-electron chi connectivity index (χ2n) is 5.71. The Morgan fingerprint density at radius 1 is 1.15 bits per heavy atom. The molecule has 1 aliphatic heterocycles. The van der Waals surface area contributed by atoms with Crippen LogP contribution in [0.1, 0.15) is 17.2 Å². The van der Waals surface area contributed by atoms with Crippen LogP contribution in [0.25, 0.3) is 0 Å². The number of aliphatic carboxylic acids is 1. The number of hydrogen-bond donors (Lipinski definition) is 3. The van der Waals surface area contributed by atoms with Gasteiger partial charge in [0.05, 0.1) is 16.5 Å². The van der Waals surface area contributed by atoms with Crippen LogP contribution in [0.3, 0.4) is 0 Å². The molecule has 0 radical (unpaired) electrons. The topological polar surface area (TPSA) is 108 Å². The molecular weight excluding hydrogens is 384 g/mol. The molecule has 136 valence electrons. The van der Waals surface area contributed by atoms with Crippen LogP contribution >= 0.6 is 23.5 Å². The standard InChI is InChI=1S/C18H14N4O3S2/c23-15(24)9-26-14-4-2-11(8-21-14)16(25)10-1-3-13-12(7-10)22-17-18(27-13)20-6-5-19-17/h1-8,16,25H,9H2,(H,19,22)(H,23,24). The molecule has 3 N–H and O–H groups in total. The van der Waals surface area contributed by atoms with Gasteiger partial charge in [0.15, 0.2) is 5.82 Å². The third-order valence-corrected chi connectivity index (χ3v) is 5.86. The van der Waals surface area contributed by atoms with E-state index in [2.05, 4.69) is 20.3 Å². The Bertz CT molecular complexity index is 998. The fraction of sp³-hybridized carbons (Fsp3) is 0.111. The number of anilines is 2. The predicted molar refractivity (Wildman–Crippen MR) is 103 cm³/mol. The molecule has 3 aromatic rings. The number of rotatable bonds is 5. The third kappa shape index (κ3) is 3.90. The molecule has 4 rings (SSSR count). The number of fused-ring (bicyclic) bond motifs is 2. The molecule has 0 saturated carbocycles.